The summed E-state index contributed by atoms with van der Waals surface area (Å²) < 4.78 is 15.9. The standard InChI is InChI=1S/C28H56O4.C5H12/c1-4-27(2)32-26-25-31-24-22-20-18-16-14-12-10-8-6-5-7-9-11-13-15-17-19-21-23-28(29)30-3;1-4-5(2)3/h27H,4-26H2,1-3H3;5H,4H2,1-3H3. The van der Waals surface area contributed by atoms with Crippen molar-refractivity contribution < 1.29 is 19.0 Å². The van der Waals surface area contributed by atoms with E-state index >= 15 is 0 Å². The first-order valence-electron chi connectivity index (χ1n) is 16.2. The van der Waals surface area contributed by atoms with E-state index in [0.717, 1.165) is 45.0 Å². The Morgan fingerprint density at radius 3 is 1.27 bits per heavy atom. The monoisotopic (exact) mass is 529 g/mol. The fourth-order valence-electron chi connectivity index (χ4n) is 3.93. The van der Waals surface area contributed by atoms with Gasteiger partial charge in [-0.2, -0.15) is 0 Å². The molecular weight excluding hydrogens is 460 g/mol. The van der Waals surface area contributed by atoms with Crippen molar-refractivity contribution in [3.63, 3.8) is 0 Å². The molecule has 0 saturated carbocycles. The number of methoxy groups -OCH3 is 1. The Labute approximate surface area is 233 Å². The number of carbonyl (C=O) groups is 1. The van der Waals surface area contributed by atoms with E-state index in [1.807, 2.05) is 0 Å². The van der Waals surface area contributed by atoms with E-state index in [4.69, 9.17) is 9.47 Å². The van der Waals surface area contributed by atoms with Crippen molar-refractivity contribution in [3.8, 4) is 0 Å². The zero-order valence-electron chi connectivity index (χ0n) is 26.3. The van der Waals surface area contributed by atoms with E-state index in [-0.39, 0.29) is 5.97 Å². The van der Waals surface area contributed by atoms with E-state index in [1.54, 1.807) is 0 Å². The molecule has 37 heavy (non-hydrogen) atoms. The maximum absolute atomic E-state index is 11.0. The van der Waals surface area contributed by atoms with E-state index < -0.39 is 0 Å². The van der Waals surface area contributed by atoms with Gasteiger partial charge >= 0.3 is 5.97 Å². The number of hydrogen-bond donors (Lipinski definition) is 0. The third kappa shape index (κ3) is 37.6. The van der Waals surface area contributed by atoms with Gasteiger partial charge in [0.05, 0.1) is 26.4 Å². The number of esters is 1. The zero-order valence-corrected chi connectivity index (χ0v) is 26.3. The van der Waals surface area contributed by atoms with Crippen LogP contribution in [0, 0.1) is 5.92 Å². The van der Waals surface area contributed by atoms with Gasteiger partial charge in [-0.05, 0) is 32.1 Å². The highest BCUT2D eigenvalue weighted by atomic mass is 16.5. The highest BCUT2D eigenvalue weighted by molar-refractivity contribution is 5.68. The first-order chi connectivity index (χ1) is 18.0. The van der Waals surface area contributed by atoms with Crippen molar-refractivity contribution in [1.29, 1.82) is 0 Å². The molecule has 0 aromatic heterocycles. The molecule has 0 saturated heterocycles. The molecule has 1 unspecified atom stereocenters. The van der Waals surface area contributed by atoms with Crippen LogP contribution in [0.5, 0.6) is 0 Å². The van der Waals surface area contributed by atoms with Gasteiger partial charge in [0, 0.05) is 13.0 Å². The van der Waals surface area contributed by atoms with Crippen LogP contribution in [0.2, 0.25) is 0 Å². The van der Waals surface area contributed by atoms with Crippen LogP contribution >= 0.6 is 0 Å². The normalized spacial score (nSPS) is 11.9. The minimum Gasteiger partial charge on any atom is -0.469 e. The number of rotatable bonds is 27. The Balaban J connectivity index is 0. The number of hydrogen-bond acceptors (Lipinski definition) is 4. The fourth-order valence-corrected chi connectivity index (χ4v) is 3.93. The van der Waals surface area contributed by atoms with Crippen LogP contribution in [0.4, 0.5) is 0 Å². The Morgan fingerprint density at radius 1 is 0.541 bits per heavy atom. The summed E-state index contributed by atoms with van der Waals surface area (Å²) in [6.07, 6.45) is 27.4. The van der Waals surface area contributed by atoms with Crippen molar-refractivity contribution in [2.45, 2.75) is 176 Å². The quantitative estimate of drug-likeness (QED) is 0.0785. The second kappa shape index (κ2) is 33.4. The van der Waals surface area contributed by atoms with Gasteiger partial charge in [0.1, 0.15) is 0 Å². The summed E-state index contributed by atoms with van der Waals surface area (Å²) in [6.45, 7) is 13.3. The lowest BCUT2D eigenvalue weighted by molar-refractivity contribution is -0.140. The van der Waals surface area contributed by atoms with Gasteiger partial charge in [-0.1, -0.05) is 137 Å². The fraction of sp³-hybridized carbons (Fsp3) is 0.970. The minimum atomic E-state index is -0.0686. The zero-order chi connectivity index (χ0) is 27.8. The number of unbranched alkanes of at least 4 members (excludes halogenated alkanes) is 17. The van der Waals surface area contributed by atoms with Gasteiger partial charge in [-0.3, -0.25) is 4.79 Å². The molecule has 0 rings (SSSR count). The molecule has 0 radical (unpaired) electrons. The molecule has 0 heterocycles. The van der Waals surface area contributed by atoms with Crippen LogP contribution in [-0.4, -0.2) is 39.0 Å². The predicted molar refractivity (Wildman–Crippen MR) is 161 cm³/mol. The van der Waals surface area contributed by atoms with E-state index in [0.29, 0.717) is 12.5 Å². The Morgan fingerprint density at radius 2 is 0.919 bits per heavy atom. The highest BCUT2D eigenvalue weighted by Gasteiger charge is 2.00. The van der Waals surface area contributed by atoms with Crippen LogP contribution in [0.1, 0.15) is 169 Å². The number of ether oxygens (including phenoxy) is 3. The highest BCUT2D eigenvalue weighted by Crippen LogP contribution is 2.14. The van der Waals surface area contributed by atoms with E-state index in [1.165, 1.54) is 116 Å². The lowest BCUT2D eigenvalue weighted by Gasteiger charge is -2.10. The molecule has 0 N–H and O–H groups in total. The van der Waals surface area contributed by atoms with Crippen molar-refractivity contribution in [2.24, 2.45) is 5.92 Å². The van der Waals surface area contributed by atoms with Crippen molar-refractivity contribution >= 4 is 5.97 Å². The molecular formula is C33H68O4. The van der Waals surface area contributed by atoms with Gasteiger partial charge in [0.15, 0.2) is 0 Å². The molecule has 1 atom stereocenters. The molecule has 4 heteroatoms. The summed E-state index contributed by atoms with van der Waals surface area (Å²) >= 11 is 0. The molecule has 0 bridgehead atoms. The summed E-state index contributed by atoms with van der Waals surface area (Å²) in [5, 5.41) is 0. The third-order valence-electron chi connectivity index (χ3n) is 7.17. The van der Waals surface area contributed by atoms with Crippen molar-refractivity contribution in [2.75, 3.05) is 26.9 Å². The molecule has 0 amide bonds. The van der Waals surface area contributed by atoms with Crippen LogP contribution in [0.3, 0.4) is 0 Å². The average Bonchev–Trinajstić information content (AvgIpc) is 2.90. The van der Waals surface area contributed by atoms with Gasteiger partial charge in [0.2, 0.25) is 0 Å². The lowest BCUT2D eigenvalue weighted by atomic mass is 10.0. The van der Waals surface area contributed by atoms with E-state index in [9.17, 15) is 4.79 Å². The molecule has 0 aliphatic heterocycles. The second-order valence-corrected chi connectivity index (χ2v) is 11.2. The SMILES string of the molecule is CCC(C)C.CCC(C)OCCOCCCCCCCCCCCCCCCCCCCCC(=O)OC. The predicted octanol–water partition coefficient (Wildman–Crippen LogP) is 10.5. The summed E-state index contributed by atoms with van der Waals surface area (Å²) in [6, 6.07) is 0. The molecule has 4 nitrogen and oxygen atoms in total. The minimum absolute atomic E-state index is 0.0686. The molecule has 0 aliphatic rings. The van der Waals surface area contributed by atoms with Crippen LogP contribution < -0.4 is 0 Å². The molecule has 0 aromatic carbocycles. The van der Waals surface area contributed by atoms with Crippen LogP contribution in [0.25, 0.3) is 0 Å². The Kier molecular flexibility index (Phi) is 34.8. The number of carbonyl (C=O) groups excluding carboxylic acids is 1. The summed E-state index contributed by atoms with van der Waals surface area (Å²) in [7, 11) is 1.47. The first-order valence-corrected chi connectivity index (χ1v) is 16.2. The van der Waals surface area contributed by atoms with Crippen LogP contribution in [-0.2, 0) is 19.0 Å². The Hall–Kier alpha value is -0.610. The van der Waals surface area contributed by atoms with Crippen molar-refractivity contribution in [1.82, 2.24) is 0 Å². The second-order valence-electron chi connectivity index (χ2n) is 11.2. The van der Waals surface area contributed by atoms with E-state index in [2.05, 4.69) is 39.4 Å². The van der Waals surface area contributed by atoms with Gasteiger partial charge < -0.3 is 14.2 Å². The third-order valence-corrected chi connectivity index (χ3v) is 7.17. The summed E-state index contributed by atoms with van der Waals surface area (Å²) in [4.78, 5) is 11.0. The maximum Gasteiger partial charge on any atom is 0.305 e. The molecule has 0 aliphatic carbocycles. The summed E-state index contributed by atoms with van der Waals surface area (Å²) in [5.41, 5.74) is 0. The average molecular weight is 529 g/mol. The lowest BCUT2D eigenvalue weighted by Crippen LogP contribution is -2.12. The van der Waals surface area contributed by atoms with Gasteiger partial charge in [-0.15, -0.1) is 0 Å². The van der Waals surface area contributed by atoms with Gasteiger partial charge in [-0.25, -0.2) is 0 Å². The first kappa shape index (κ1) is 38.5. The molecule has 224 valence electrons. The van der Waals surface area contributed by atoms with Gasteiger partial charge in [0.25, 0.3) is 0 Å². The Bertz CT molecular complexity index is 425. The molecule has 0 aromatic rings. The maximum atomic E-state index is 11.0. The van der Waals surface area contributed by atoms with Crippen molar-refractivity contribution in [3.05, 3.63) is 0 Å². The van der Waals surface area contributed by atoms with Crippen LogP contribution in [0.15, 0.2) is 0 Å². The molecule has 0 spiro atoms. The largest absolute Gasteiger partial charge is 0.469 e. The topological polar surface area (TPSA) is 44.8 Å². The molecule has 0 fully saturated rings. The smallest absolute Gasteiger partial charge is 0.305 e. The summed E-state index contributed by atoms with van der Waals surface area (Å²) in [5.74, 6) is 0.816.